The Morgan fingerprint density at radius 3 is 2.89 bits per heavy atom. The minimum atomic E-state index is -0.00855. The lowest BCUT2D eigenvalue weighted by Crippen LogP contribution is -2.13. The summed E-state index contributed by atoms with van der Waals surface area (Å²) in [7, 11) is 0. The molecule has 0 aliphatic rings. The summed E-state index contributed by atoms with van der Waals surface area (Å²) in [6.07, 6.45) is 7.21. The second-order valence-electron chi connectivity index (χ2n) is 4.03. The number of aryl methyl sites for hydroxylation is 2. The van der Waals surface area contributed by atoms with Crippen LogP contribution in [0.5, 0.6) is 0 Å². The van der Waals surface area contributed by atoms with E-state index in [1.165, 1.54) is 0 Å². The highest BCUT2D eigenvalue weighted by atomic mass is 16.1. The van der Waals surface area contributed by atoms with E-state index in [1.807, 2.05) is 19.1 Å². The zero-order valence-corrected chi connectivity index (χ0v) is 10.3. The number of hydrogen-bond acceptors (Lipinski definition) is 3. The molecule has 0 saturated heterocycles. The van der Waals surface area contributed by atoms with E-state index in [1.54, 1.807) is 18.6 Å². The van der Waals surface area contributed by atoms with Crippen LogP contribution in [0, 0.1) is 0 Å². The van der Waals surface area contributed by atoms with Gasteiger partial charge >= 0.3 is 0 Å². The molecular formula is C13H16N4O. The van der Waals surface area contributed by atoms with Gasteiger partial charge in [-0.05, 0) is 30.5 Å². The highest BCUT2D eigenvalue weighted by molar-refractivity contribution is 5.90. The van der Waals surface area contributed by atoms with Gasteiger partial charge in [0, 0.05) is 24.4 Å². The number of nitrogens with zero attached hydrogens (tertiary/aromatic N) is 2. The molecule has 18 heavy (non-hydrogen) atoms. The monoisotopic (exact) mass is 244 g/mol. The molecule has 2 aromatic heterocycles. The van der Waals surface area contributed by atoms with Crippen molar-refractivity contribution in [2.24, 2.45) is 0 Å². The smallest absolute Gasteiger partial charge is 0.225 e. The van der Waals surface area contributed by atoms with Crippen molar-refractivity contribution in [3.63, 3.8) is 0 Å². The average molecular weight is 244 g/mol. The van der Waals surface area contributed by atoms with Gasteiger partial charge in [0.15, 0.2) is 0 Å². The highest BCUT2D eigenvalue weighted by Crippen LogP contribution is 2.12. The van der Waals surface area contributed by atoms with Crippen molar-refractivity contribution in [1.82, 2.24) is 15.2 Å². The van der Waals surface area contributed by atoms with E-state index in [2.05, 4.69) is 20.5 Å². The van der Waals surface area contributed by atoms with Gasteiger partial charge in [0.2, 0.25) is 5.91 Å². The molecule has 0 saturated carbocycles. The van der Waals surface area contributed by atoms with Crippen LogP contribution in [0.25, 0.3) is 0 Å². The van der Waals surface area contributed by atoms with Crippen LogP contribution in [0.15, 0.2) is 30.7 Å². The summed E-state index contributed by atoms with van der Waals surface area (Å²) in [5.74, 6) is 0.697. The molecule has 2 N–H and O–H groups in total. The Morgan fingerprint density at radius 1 is 1.39 bits per heavy atom. The predicted octanol–water partition coefficient (Wildman–Crippen LogP) is 1.94. The van der Waals surface area contributed by atoms with Crippen molar-refractivity contribution in [2.75, 3.05) is 5.32 Å². The van der Waals surface area contributed by atoms with Gasteiger partial charge in [-0.2, -0.15) is 5.10 Å². The van der Waals surface area contributed by atoms with Crippen LogP contribution in [0.1, 0.15) is 24.5 Å². The maximum Gasteiger partial charge on any atom is 0.225 e. The van der Waals surface area contributed by atoms with Gasteiger partial charge in [0.05, 0.1) is 6.20 Å². The zero-order chi connectivity index (χ0) is 12.8. The molecule has 5 nitrogen and oxygen atoms in total. The van der Waals surface area contributed by atoms with Crippen molar-refractivity contribution in [3.05, 3.63) is 41.9 Å². The third kappa shape index (κ3) is 3.16. The molecule has 0 fully saturated rings. The quantitative estimate of drug-likeness (QED) is 0.844. The molecule has 0 bridgehead atoms. The SMILES string of the molecule is CCc1cn[nH]c1NC(=O)CCc1ccncc1. The first kappa shape index (κ1) is 12.3. The molecule has 0 aliphatic heterocycles. The number of aromatic nitrogens is 3. The van der Waals surface area contributed by atoms with E-state index in [4.69, 9.17) is 0 Å². The molecule has 0 atom stereocenters. The van der Waals surface area contributed by atoms with E-state index < -0.39 is 0 Å². The molecule has 0 radical (unpaired) electrons. The minimum Gasteiger partial charge on any atom is -0.311 e. The molecule has 2 aromatic rings. The van der Waals surface area contributed by atoms with Crippen LogP contribution in [0.2, 0.25) is 0 Å². The van der Waals surface area contributed by atoms with Crippen LogP contribution in [-0.2, 0) is 17.6 Å². The first-order valence-electron chi connectivity index (χ1n) is 6.00. The molecule has 2 rings (SSSR count). The normalized spacial score (nSPS) is 10.3. The van der Waals surface area contributed by atoms with E-state index in [0.717, 1.165) is 17.5 Å². The predicted molar refractivity (Wildman–Crippen MR) is 69.2 cm³/mol. The van der Waals surface area contributed by atoms with Gasteiger partial charge in [-0.25, -0.2) is 0 Å². The summed E-state index contributed by atoms with van der Waals surface area (Å²) in [4.78, 5) is 15.7. The summed E-state index contributed by atoms with van der Waals surface area (Å²) in [5.41, 5.74) is 2.13. The Labute approximate surface area is 106 Å². The lowest BCUT2D eigenvalue weighted by atomic mass is 10.1. The second-order valence-corrected chi connectivity index (χ2v) is 4.03. The number of hydrogen-bond donors (Lipinski definition) is 2. The number of amides is 1. The number of H-pyrrole nitrogens is 1. The Morgan fingerprint density at radius 2 is 2.17 bits per heavy atom. The van der Waals surface area contributed by atoms with E-state index in [-0.39, 0.29) is 5.91 Å². The number of nitrogens with one attached hydrogen (secondary N) is 2. The lowest BCUT2D eigenvalue weighted by Gasteiger charge is -2.04. The van der Waals surface area contributed by atoms with Crippen LogP contribution in [0.3, 0.4) is 0 Å². The van der Waals surface area contributed by atoms with Gasteiger partial charge in [-0.15, -0.1) is 0 Å². The minimum absolute atomic E-state index is 0.00855. The number of rotatable bonds is 5. The highest BCUT2D eigenvalue weighted by Gasteiger charge is 2.07. The molecule has 0 unspecified atom stereocenters. The fourth-order valence-electron chi connectivity index (χ4n) is 1.70. The average Bonchev–Trinajstić information content (AvgIpc) is 2.85. The summed E-state index contributed by atoms with van der Waals surface area (Å²) >= 11 is 0. The molecule has 0 aromatic carbocycles. The molecule has 2 heterocycles. The number of carbonyl (C=O) groups is 1. The fourth-order valence-corrected chi connectivity index (χ4v) is 1.70. The van der Waals surface area contributed by atoms with Gasteiger partial charge in [0.25, 0.3) is 0 Å². The molecule has 1 amide bonds. The molecule has 5 heteroatoms. The van der Waals surface area contributed by atoms with E-state index in [9.17, 15) is 4.79 Å². The van der Waals surface area contributed by atoms with Crippen molar-refractivity contribution >= 4 is 11.7 Å². The van der Waals surface area contributed by atoms with E-state index in [0.29, 0.717) is 18.7 Å². The van der Waals surface area contributed by atoms with Crippen molar-refractivity contribution in [3.8, 4) is 0 Å². The standard InChI is InChI=1S/C13H16N4O/c1-2-11-9-15-17-13(11)16-12(18)4-3-10-5-7-14-8-6-10/h5-9H,2-4H2,1H3,(H2,15,16,17,18). The zero-order valence-electron chi connectivity index (χ0n) is 10.3. The fraction of sp³-hybridized carbons (Fsp3) is 0.308. The van der Waals surface area contributed by atoms with Crippen LogP contribution in [-0.4, -0.2) is 21.1 Å². The van der Waals surface area contributed by atoms with Crippen molar-refractivity contribution in [1.29, 1.82) is 0 Å². The van der Waals surface area contributed by atoms with Crippen LogP contribution < -0.4 is 5.32 Å². The first-order valence-corrected chi connectivity index (χ1v) is 6.00. The third-order valence-electron chi connectivity index (χ3n) is 2.75. The van der Waals surface area contributed by atoms with Crippen LogP contribution >= 0.6 is 0 Å². The summed E-state index contributed by atoms with van der Waals surface area (Å²) in [6, 6.07) is 3.84. The van der Waals surface area contributed by atoms with Crippen LogP contribution in [0.4, 0.5) is 5.82 Å². The topological polar surface area (TPSA) is 70.7 Å². The lowest BCUT2D eigenvalue weighted by molar-refractivity contribution is -0.116. The number of anilines is 1. The third-order valence-corrected chi connectivity index (χ3v) is 2.75. The Bertz CT molecular complexity index is 507. The van der Waals surface area contributed by atoms with Gasteiger partial charge in [-0.3, -0.25) is 14.9 Å². The Hall–Kier alpha value is -2.17. The molecular weight excluding hydrogens is 228 g/mol. The second kappa shape index (κ2) is 5.95. The summed E-state index contributed by atoms with van der Waals surface area (Å²) in [6.45, 7) is 2.03. The van der Waals surface area contributed by atoms with Crippen molar-refractivity contribution < 1.29 is 4.79 Å². The summed E-state index contributed by atoms with van der Waals surface area (Å²) in [5, 5.41) is 9.55. The number of carbonyl (C=O) groups excluding carboxylic acids is 1. The Kier molecular flexibility index (Phi) is 4.06. The van der Waals surface area contributed by atoms with Gasteiger partial charge in [-0.1, -0.05) is 6.92 Å². The van der Waals surface area contributed by atoms with Crippen molar-refractivity contribution in [2.45, 2.75) is 26.2 Å². The number of pyridine rings is 1. The molecule has 0 spiro atoms. The molecule has 0 aliphatic carbocycles. The molecule has 94 valence electrons. The maximum absolute atomic E-state index is 11.8. The Balaban J connectivity index is 1.86. The first-order chi connectivity index (χ1) is 8.79. The summed E-state index contributed by atoms with van der Waals surface area (Å²) < 4.78 is 0. The maximum atomic E-state index is 11.8. The largest absolute Gasteiger partial charge is 0.311 e. The van der Waals surface area contributed by atoms with Gasteiger partial charge in [0.1, 0.15) is 5.82 Å². The van der Waals surface area contributed by atoms with Gasteiger partial charge < -0.3 is 5.32 Å². The van der Waals surface area contributed by atoms with E-state index >= 15 is 0 Å². The number of aromatic amines is 1.